The summed E-state index contributed by atoms with van der Waals surface area (Å²) in [4.78, 5) is 29.4. The molecule has 1 fully saturated rings. The lowest BCUT2D eigenvalue weighted by molar-refractivity contribution is 0.0212. The van der Waals surface area contributed by atoms with Crippen molar-refractivity contribution in [1.82, 2.24) is 20.3 Å². The Balaban J connectivity index is 1.26. The van der Waals surface area contributed by atoms with Gasteiger partial charge in [0.2, 0.25) is 0 Å². The summed E-state index contributed by atoms with van der Waals surface area (Å²) in [6.07, 6.45) is 3.04. The number of methoxy groups -OCH3 is 1. The van der Waals surface area contributed by atoms with Crippen LogP contribution in [-0.2, 0) is 22.3 Å². The highest BCUT2D eigenvalue weighted by Crippen LogP contribution is 2.32. The molecule has 5 rings (SSSR count). The van der Waals surface area contributed by atoms with E-state index in [0.717, 1.165) is 11.4 Å². The molecule has 3 aromatic heterocycles. The van der Waals surface area contributed by atoms with Crippen LogP contribution in [0.3, 0.4) is 0 Å². The van der Waals surface area contributed by atoms with Gasteiger partial charge in [0.05, 0.1) is 36.7 Å². The molecular weight excluding hydrogens is 485 g/mol. The summed E-state index contributed by atoms with van der Waals surface area (Å²) in [7, 11) is 1.62. The van der Waals surface area contributed by atoms with Crippen LogP contribution in [0.25, 0.3) is 10.3 Å². The number of nitrogens with two attached hydrogens (primary N) is 2. The highest BCUT2D eigenvalue weighted by atomic mass is 32.1. The molecule has 3 atom stereocenters. The van der Waals surface area contributed by atoms with Gasteiger partial charge in [-0.2, -0.15) is 0 Å². The van der Waals surface area contributed by atoms with E-state index in [1.807, 2.05) is 11.8 Å². The van der Waals surface area contributed by atoms with E-state index in [1.165, 1.54) is 17.4 Å². The van der Waals surface area contributed by atoms with E-state index in [9.17, 15) is 4.79 Å². The molecule has 12 heteroatoms. The summed E-state index contributed by atoms with van der Waals surface area (Å²) in [5.41, 5.74) is 15.3. The Morgan fingerprint density at radius 2 is 2.17 bits per heavy atom. The predicted octanol–water partition coefficient (Wildman–Crippen LogP) is 1.58. The van der Waals surface area contributed by atoms with Crippen LogP contribution in [0.5, 0.6) is 0 Å². The van der Waals surface area contributed by atoms with Gasteiger partial charge in [-0.3, -0.25) is 4.79 Å². The molecule has 1 amide bonds. The number of thiophene rings is 1. The van der Waals surface area contributed by atoms with Crippen LogP contribution in [0.15, 0.2) is 12.3 Å². The smallest absolute Gasteiger partial charge is 0.263 e. The zero-order valence-electron chi connectivity index (χ0n) is 20.3. The van der Waals surface area contributed by atoms with Crippen LogP contribution < -0.4 is 21.7 Å². The van der Waals surface area contributed by atoms with Crippen molar-refractivity contribution in [3.63, 3.8) is 0 Å². The molecule has 1 aliphatic carbocycles. The highest BCUT2D eigenvalue weighted by molar-refractivity contribution is 7.21. The largest absolute Gasteiger partial charge is 0.396 e. The molecule has 3 unspecified atom stereocenters. The molecule has 0 aromatic carbocycles. The average molecular weight is 516 g/mol. The van der Waals surface area contributed by atoms with Crippen LogP contribution in [0.2, 0.25) is 0 Å². The molecule has 36 heavy (non-hydrogen) atoms. The lowest BCUT2D eigenvalue weighted by atomic mass is 9.91. The summed E-state index contributed by atoms with van der Waals surface area (Å²) in [6, 6.07) is 1.05. The molecule has 3 aromatic rings. The third kappa shape index (κ3) is 4.85. The normalized spacial score (nSPS) is 21.7. The average Bonchev–Trinajstić information content (AvgIpc) is 3.38. The van der Waals surface area contributed by atoms with E-state index < -0.39 is 0 Å². The van der Waals surface area contributed by atoms with Crippen molar-refractivity contribution in [3.8, 4) is 0 Å². The van der Waals surface area contributed by atoms with E-state index in [4.69, 9.17) is 25.9 Å². The van der Waals surface area contributed by atoms with Gasteiger partial charge in [-0.1, -0.05) is 0 Å². The van der Waals surface area contributed by atoms with Crippen LogP contribution in [0.4, 0.5) is 15.9 Å². The van der Waals surface area contributed by atoms with Crippen molar-refractivity contribution in [3.05, 3.63) is 39.9 Å². The number of aryl methyl sites for hydroxylation is 2. The van der Waals surface area contributed by atoms with Crippen LogP contribution >= 0.6 is 11.3 Å². The minimum Gasteiger partial charge on any atom is -0.396 e. The van der Waals surface area contributed by atoms with E-state index in [-0.39, 0.29) is 29.9 Å². The maximum absolute atomic E-state index is 15.2. The molecule has 0 radical (unpaired) electrons. The second kappa shape index (κ2) is 10.2. The Kier molecular flexibility index (Phi) is 7.02. The van der Waals surface area contributed by atoms with Crippen molar-refractivity contribution in [1.29, 1.82) is 0 Å². The van der Waals surface area contributed by atoms with Crippen molar-refractivity contribution >= 4 is 39.1 Å². The minimum atomic E-state index is -0.323. The molecule has 1 saturated heterocycles. The topological polar surface area (TPSA) is 142 Å². The lowest BCUT2D eigenvalue weighted by Crippen LogP contribution is -2.39. The van der Waals surface area contributed by atoms with Gasteiger partial charge in [-0.05, 0) is 26.2 Å². The van der Waals surface area contributed by atoms with Gasteiger partial charge in [0, 0.05) is 49.8 Å². The second-order valence-corrected chi connectivity index (χ2v) is 10.3. The van der Waals surface area contributed by atoms with E-state index >= 15 is 4.39 Å². The molecule has 10 nitrogen and oxygen atoms in total. The number of rotatable bonds is 7. The first-order valence-corrected chi connectivity index (χ1v) is 12.8. The fourth-order valence-electron chi connectivity index (χ4n) is 4.78. The standard InChI is InChI=1S/C24H30FN7O3S/c1-12-9-28-21-20(27)22(36-24(21)29-12)23(33)30-13-3-4-17-14(7-13)15(25)8-19(31-17)32-10-16(26)18(11-32)35-6-5-34-2/h8-9,13,16,18H,3-7,10-11,26-27H2,1-2H3,(H,30,33). The molecule has 2 aliphatic rings. The Morgan fingerprint density at radius 1 is 1.33 bits per heavy atom. The molecule has 0 spiro atoms. The van der Waals surface area contributed by atoms with Crippen molar-refractivity contribution in [2.24, 2.45) is 5.73 Å². The van der Waals surface area contributed by atoms with Crippen molar-refractivity contribution in [2.45, 2.75) is 44.4 Å². The number of amides is 1. The van der Waals surface area contributed by atoms with Gasteiger partial charge in [0.25, 0.3) is 5.91 Å². The van der Waals surface area contributed by atoms with Gasteiger partial charge in [-0.15, -0.1) is 11.3 Å². The fraction of sp³-hybridized carbons (Fsp3) is 0.500. The number of hydrogen-bond acceptors (Lipinski definition) is 10. The number of nitrogen functional groups attached to an aromatic ring is 1. The number of nitrogens with zero attached hydrogens (tertiary/aromatic N) is 4. The Labute approximate surface area is 212 Å². The zero-order valence-corrected chi connectivity index (χ0v) is 21.1. The first-order chi connectivity index (χ1) is 17.3. The maximum atomic E-state index is 15.2. The Hall–Kier alpha value is -2.93. The molecule has 192 valence electrons. The number of ether oxygens (including phenoxy) is 2. The number of anilines is 2. The first kappa shape index (κ1) is 24.8. The highest BCUT2D eigenvalue weighted by Gasteiger charge is 2.33. The lowest BCUT2D eigenvalue weighted by Gasteiger charge is -2.27. The summed E-state index contributed by atoms with van der Waals surface area (Å²) >= 11 is 1.22. The number of nitrogens with one attached hydrogen (secondary N) is 1. The number of halogens is 1. The SMILES string of the molecule is COCCOC1CN(c2cc(F)c3c(n2)CCC(NC(=O)c2sc4nc(C)cnc4c2N)C3)CC1N. The van der Waals surface area contributed by atoms with Crippen molar-refractivity contribution in [2.75, 3.05) is 44.0 Å². The first-order valence-electron chi connectivity index (χ1n) is 12.0. The molecule has 1 aliphatic heterocycles. The number of carbonyl (C=O) groups excluding carboxylic acids is 1. The number of fused-ring (bicyclic) bond motifs is 2. The van der Waals surface area contributed by atoms with Crippen molar-refractivity contribution < 1.29 is 18.7 Å². The quantitative estimate of drug-likeness (QED) is 0.400. The summed E-state index contributed by atoms with van der Waals surface area (Å²) in [6.45, 7) is 3.88. The second-order valence-electron chi connectivity index (χ2n) is 9.28. The van der Waals surface area contributed by atoms with Gasteiger partial charge in [0.15, 0.2) is 0 Å². The van der Waals surface area contributed by atoms with Gasteiger partial charge < -0.3 is 31.2 Å². The van der Waals surface area contributed by atoms with Gasteiger partial charge in [-0.25, -0.2) is 19.3 Å². The molecule has 0 bridgehead atoms. The zero-order chi connectivity index (χ0) is 25.4. The predicted molar refractivity (Wildman–Crippen MR) is 136 cm³/mol. The Bertz CT molecular complexity index is 1290. The van der Waals surface area contributed by atoms with Gasteiger partial charge in [0.1, 0.15) is 26.9 Å². The molecular formula is C24H30FN7O3S. The molecule has 5 N–H and O–H groups in total. The van der Waals surface area contributed by atoms with E-state index in [1.54, 1.807) is 13.3 Å². The van der Waals surface area contributed by atoms with Crippen LogP contribution in [0, 0.1) is 12.7 Å². The number of pyridine rings is 1. The number of aromatic nitrogens is 3. The van der Waals surface area contributed by atoms with E-state index in [0.29, 0.717) is 77.9 Å². The molecule has 4 heterocycles. The third-order valence-corrected chi connectivity index (χ3v) is 7.76. The van der Waals surface area contributed by atoms with Gasteiger partial charge >= 0.3 is 0 Å². The minimum absolute atomic E-state index is 0.156. The summed E-state index contributed by atoms with van der Waals surface area (Å²) in [5.74, 6) is -0.0501. The molecule has 0 saturated carbocycles. The maximum Gasteiger partial charge on any atom is 0.263 e. The van der Waals surface area contributed by atoms with E-state index in [2.05, 4.69) is 15.3 Å². The summed E-state index contributed by atoms with van der Waals surface area (Å²) in [5, 5.41) is 3.01. The third-order valence-electron chi connectivity index (χ3n) is 6.68. The number of hydrogen-bond donors (Lipinski definition) is 3. The van der Waals surface area contributed by atoms with Crippen LogP contribution in [-0.4, -0.2) is 72.5 Å². The summed E-state index contributed by atoms with van der Waals surface area (Å²) < 4.78 is 26.0. The Morgan fingerprint density at radius 3 is 2.97 bits per heavy atom. The fourth-order valence-corrected chi connectivity index (χ4v) is 5.78. The number of carbonyl (C=O) groups is 1. The van der Waals surface area contributed by atoms with Crippen LogP contribution in [0.1, 0.15) is 33.0 Å². The monoisotopic (exact) mass is 515 g/mol.